The monoisotopic (exact) mass is 511 g/mol. The molecule has 0 aliphatic carbocycles. The maximum absolute atomic E-state index is 11.7. The van der Waals surface area contributed by atoms with Crippen molar-refractivity contribution >= 4 is 47.4 Å². The summed E-state index contributed by atoms with van der Waals surface area (Å²) in [7, 11) is 0. The average molecular weight is 511 g/mol. The van der Waals surface area contributed by atoms with Crippen molar-refractivity contribution in [2.75, 3.05) is 26.2 Å². The molecule has 7 nitrogen and oxygen atoms in total. The highest BCUT2D eigenvalue weighted by Crippen LogP contribution is 2.08. The van der Waals surface area contributed by atoms with Gasteiger partial charge >= 0.3 is 6.09 Å². The molecule has 1 rings (SSSR count). The van der Waals surface area contributed by atoms with Gasteiger partial charge in [-0.05, 0) is 33.1 Å². The lowest BCUT2D eigenvalue weighted by Gasteiger charge is -2.19. The molecule has 0 bridgehead atoms. The summed E-state index contributed by atoms with van der Waals surface area (Å²) in [6.07, 6.45) is 1.32. The third kappa shape index (κ3) is 12.1. The molecule has 27 heavy (non-hydrogen) atoms. The number of carbonyl (C=O) groups excluding carboxylic acids is 1. The third-order valence-corrected chi connectivity index (χ3v) is 4.33. The lowest BCUT2D eigenvalue weighted by Crippen LogP contribution is -2.42. The molecular weight excluding hydrogens is 477 g/mol. The highest BCUT2D eigenvalue weighted by Gasteiger charge is 2.14. The number of halogens is 1. The van der Waals surface area contributed by atoms with Gasteiger partial charge in [0.25, 0.3) is 0 Å². The van der Waals surface area contributed by atoms with Crippen LogP contribution in [0.2, 0.25) is 0 Å². The molecule has 0 saturated carbocycles. The van der Waals surface area contributed by atoms with Gasteiger partial charge in [0.1, 0.15) is 0 Å². The van der Waals surface area contributed by atoms with Crippen LogP contribution in [0.3, 0.4) is 0 Å². The largest absolute Gasteiger partial charge is 0.450 e. The van der Waals surface area contributed by atoms with Crippen LogP contribution in [0.4, 0.5) is 4.79 Å². The van der Waals surface area contributed by atoms with Gasteiger partial charge in [0.15, 0.2) is 5.96 Å². The lowest BCUT2D eigenvalue weighted by molar-refractivity contribution is 0.147. The number of aromatic nitrogens is 1. The Hall–Kier alpha value is -1.10. The van der Waals surface area contributed by atoms with Crippen LogP contribution in [0.25, 0.3) is 0 Å². The number of carbonyl (C=O) groups is 1. The van der Waals surface area contributed by atoms with E-state index in [2.05, 4.69) is 45.2 Å². The molecule has 1 aromatic heterocycles. The van der Waals surface area contributed by atoms with E-state index in [4.69, 9.17) is 4.74 Å². The topological polar surface area (TPSA) is 87.6 Å². The van der Waals surface area contributed by atoms with Crippen LogP contribution in [0.1, 0.15) is 44.8 Å². The van der Waals surface area contributed by atoms with Crippen molar-refractivity contribution in [3.05, 3.63) is 16.1 Å². The number of hydrogen-bond acceptors (Lipinski definition) is 5. The summed E-state index contributed by atoms with van der Waals surface area (Å²) in [6.45, 7) is 12.5. The Bertz CT molecular complexity index is 566. The van der Waals surface area contributed by atoms with Gasteiger partial charge in [-0.25, -0.2) is 9.78 Å². The molecule has 0 aliphatic heterocycles. The first-order chi connectivity index (χ1) is 12.4. The number of hydrogen-bond donors (Lipinski definition) is 3. The molecule has 1 aromatic rings. The van der Waals surface area contributed by atoms with Crippen molar-refractivity contribution in [3.8, 4) is 0 Å². The van der Waals surface area contributed by atoms with Crippen LogP contribution in [-0.4, -0.2) is 49.3 Å². The van der Waals surface area contributed by atoms with Gasteiger partial charge in [0, 0.05) is 24.9 Å². The number of nitrogens with zero attached hydrogens (tertiary/aromatic N) is 2. The standard InChI is InChI=1S/C18H33N5O2S.HI/c1-6-19-17(20-9-8-15-12-26-14(5)22-15)21-11-16(10-13(3)4)23-18(24)25-7-2;/h12-13,16H,6-11H2,1-5H3,(H,23,24)(H2,19,20,21);1H. The zero-order valence-electron chi connectivity index (χ0n) is 17.0. The summed E-state index contributed by atoms with van der Waals surface area (Å²) in [5, 5.41) is 12.6. The number of aryl methyl sites for hydroxylation is 1. The maximum atomic E-state index is 11.7. The van der Waals surface area contributed by atoms with E-state index in [1.807, 2.05) is 13.8 Å². The van der Waals surface area contributed by atoms with Gasteiger partial charge in [-0.1, -0.05) is 13.8 Å². The van der Waals surface area contributed by atoms with E-state index in [1.54, 1.807) is 18.3 Å². The molecule has 3 N–H and O–H groups in total. The molecule has 1 heterocycles. The van der Waals surface area contributed by atoms with Gasteiger partial charge < -0.3 is 20.7 Å². The molecule has 0 spiro atoms. The van der Waals surface area contributed by atoms with Gasteiger partial charge in [-0.2, -0.15) is 0 Å². The smallest absolute Gasteiger partial charge is 0.407 e. The van der Waals surface area contributed by atoms with Gasteiger partial charge in [0.05, 0.1) is 29.9 Å². The second-order valence-corrected chi connectivity index (χ2v) is 7.51. The highest BCUT2D eigenvalue weighted by atomic mass is 127. The second-order valence-electron chi connectivity index (χ2n) is 6.45. The molecule has 0 saturated heterocycles. The minimum absolute atomic E-state index is 0. The van der Waals surface area contributed by atoms with E-state index in [9.17, 15) is 4.79 Å². The summed E-state index contributed by atoms with van der Waals surface area (Å²) in [5.41, 5.74) is 1.09. The van der Waals surface area contributed by atoms with Crippen molar-refractivity contribution in [1.82, 2.24) is 20.9 Å². The minimum Gasteiger partial charge on any atom is -0.450 e. The molecular formula is C18H34IN5O2S. The fourth-order valence-corrected chi connectivity index (χ4v) is 3.11. The molecule has 0 fully saturated rings. The summed E-state index contributed by atoms with van der Waals surface area (Å²) >= 11 is 1.67. The van der Waals surface area contributed by atoms with Gasteiger partial charge in [-0.3, -0.25) is 4.99 Å². The number of thiazole rings is 1. The number of rotatable bonds is 10. The highest BCUT2D eigenvalue weighted by molar-refractivity contribution is 14.0. The number of guanidine groups is 1. The normalized spacial score (nSPS) is 12.3. The molecule has 0 radical (unpaired) electrons. The van der Waals surface area contributed by atoms with Gasteiger partial charge in [0.2, 0.25) is 0 Å². The number of nitrogens with one attached hydrogen (secondary N) is 3. The maximum Gasteiger partial charge on any atom is 0.407 e. The Kier molecular flexibility index (Phi) is 14.3. The molecule has 1 amide bonds. The quantitative estimate of drug-likeness (QED) is 0.255. The van der Waals surface area contributed by atoms with Crippen molar-refractivity contribution in [3.63, 3.8) is 0 Å². The molecule has 0 aromatic carbocycles. The van der Waals surface area contributed by atoms with E-state index in [0.717, 1.165) is 42.6 Å². The Morgan fingerprint density at radius 1 is 1.33 bits per heavy atom. The fraction of sp³-hybridized carbons (Fsp3) is 0.722. The minimum atomic E-state index is -0.384. The first-order valence-electron chi connectivity index (χ1n) is 9.31. The Morgan fingerprint density at radius 2 is 2.07 bits per heavy atom. The van der Waals surface area contributed by atoms with Crippen LogP contribution >= 0.6 is 35.3 Å². The Labute approximate surface area is 184 Å². The van der Waals surface area contributed by atoms with E-state index in [0.29, 0.717) is 19.1 Å². The second kappa shape index (κ2) is 14.9. The van der Waals surface area contributed by atoms with E-state index >= 15 is 0 Å². The SMILES string of the molecule is CCNC(=NCC(CC(C)C)NC(=O)OCC)NCCc1csc(C)n1.I. The van der Waals surface area contributed by atoms with Crippen LogP contribution in [0, 0.1) is 12.8 Å². The predicted octanol–water partition coefficient (Wildman–Crippen LogP) is 3.33. The van der Waals surface area contributed by atoms with E-state index < -0.39 is 0 Å². The summed E-state index contributed by atoms with van der Waals surface area (Å²) in [6, 6.07) is -0.0503. The Balaban J connectivity index is 0.00000676. The fourth-order valence-electron chi connectivity index (χ4n) is 2.46. The summed E-state index contributed by atoms with van der Waals surface area (Å²) < 4.78 is 4.99. The van der Waals surface area contributed by atoms with Crippen molar-refractivity contribution in [1.29, 1.82) is 0 Å². The predicted molar refractivity (Wildman–Crippen MR) is 123 cm³/mol. The first kappa shape index (κ1) is 25.9. The number of ether oxygens (including phenoxy) is 1. The third-order valence-electron chi connectivity index (χ3n) is 3.51. The zero-order chi connectivity index (χ0) is 19.4. The first-order valence-corrected chi connectivity index (χ1v) is 10.2. The van der Waals surface area contributed by atoms with Crippen LogP contribution < -0.4 is 16.0 Å². The van der Waals surface area contributed by atoms with Crippen molar-refractivity contribution < 1.29 is 9.53 Å². The van der Waals surface area contributed by atoms with Crippen LogP contribution in [0.15, 0.2) is 10.4 Å². The van der Waals surface area contributed by atoms with Crippen molar-refractivity contribution in [2.45, 2.75) is 53.5 Å². The summed E-state index contributed by atoms with van der Waals surface area (Å²) in [5.74, 6) is 1.21. The average Bonchev–Trinajstić information content (AvgIpc) is 2.97. The van der Waals surface area contributed by atoms with Crippen molar-refractivity contribution in [2.24, 2.45) is 10.9 Å². The number of alkyl carbamates (subject to hydrolysis) is 1. The zero-order valence-corrected chi connectivity index (χ0v) is 20.1. The lowest BCUT2D eigenvalue weighted by atomic mass is 10.0. The molecule has 1 atom stereocenters. The van der Waals surface area contributed by atoms with E-state index in [-0.39, 0.29) is 36.1 Å². The van der Waals surface area contributed by atoms with E-state index in [1.165, 1.54) is 0 Å². The molecule has 9 heteroatoms. The van der Waals surface area contributed by atoms with Gasteiger partial charge in [-0.15, -0.1) is 35.3 Å². The van der Waals surface area contributed by atoms with Crippen LogP contribution in [0.5, 0.6) is 0 Å². The number of amides is 1. The summed E-state index contributed by atoms with van der Waals surface area (Å²) in [4.78, 5) is 20.8. The molecule has 156 valence electrons. The van der Waals surface area contributed by atoms with Crippen LogP contribution in [-0.2, 0) is 11.2 Å². The Morgan fingerprint density at radius 3 is 2.63 bits per heavy atom. The molecule has 1 unspecified atom stereocenters. The number of aliphatic imine (C=N–C) groups is 1. The molecule has 0 aliphatic rings.